The van der Waals surface area contributed by atoms with Crippen LogP contribution in [-0.4, -0.2) is 43.3 Å². The van der Waals surface area contributed by atoms with Gasteiger partial charge in [-0.1, -0.05) is 37.3 Å². The summed E-state index contributed by atoms with van der Waals surface area (Å²) in [6.07, 6.45) is -3.38. The summed E-state index contributed by atoms with van der Waals surface area (Å²) in [6.45, 7) is 3.62. The lowest BCUT2D eigenvalue weighted by Gasteiger charge is -2.38. The molecule has 0 aliphatic carbocycles. The number of hydrogen-bond acceptors (Lipinski definition) is 2. The number of nitrogens with one attached hydrogen (secondary N) is 1. The summed E-state index contributed by atoms with van der Waals surface area (Å²) in [7, 11) is 0. The van der Waals surface area contributed by atoms with Gasteiger partial charge in [-0.3, -0.25) is 0 Å². The topological polar surface area (TPSA) is 15.3 Å². The molecule has 1 aliphatic heterocycles. The van der Waals surface area contributed by atoms with Crippen LogP contribution in [-0.2, 0) is 0 Å². The van der Waals surface area contributed by atoms with E-state index in [1.807, 2.05) is 25.1 Å². The second kappa shape index (κ2) is 6.59. The molecule has 0 aromatic heterocycles. The summed E-state index contributed by atoms with van der Waals surface area (Å²) in [5.41, 5.74) is 1.21. The van der Waals surface area contributed by atoms with E-state index in [1.54, 1.807) is 0 Å². The number of rotatable bonds is 4. The Labute approximate surface area is 118 Å². The third-order valence-electron chi connectivity index (χ3n) is 3.84. The fraction of sp³-hybridized carbons (Fsp3) is 0.600. The van der Waals surface area contributed by atoms with Crippen LogP contribution < -0.4 is 5.32 Å². The third kappa shape index (κ3) is 4.49. The summed E-state index contributed by atoms with van der Waals surface area (Å²) in [6, 6.07) is 9.95. The van der Waals surface area contributed by atoms with Gasteiger partial charge in [-0.25, -0.2) is 0 Å². The maximum absolute atomic E-state index is 12.3. The molecular formula is C15H21F3N2. The van der Waals surface area contributed by atoms with Crippen LogP contribution in [0.3, 0.4) is 0 Å². The standard InChI is InChI=1S/C15H21F3N2/c1-2-20-9-13(12-6-4-3-5-7-12)8-14(10-20)19-11-15(16,17)18/h3-7,13-14,19H,2,8-11H2,1H3. The molecule has 1 fully saturated rings. The monoisotopic (exact) mass is 286 g/mol. The first-order valence-corrected chi connectivity index (χ1v) is 7.05. The first-order chi connectivity index (χ1) is 9.48. The molecule has 0 amide bonds. The van der Waals surface area contributed by atoms with Gasteiger partial charge in [-0.2, -0.15) is 13.2 Å². The zero-order chi connectivity index (χ0) is 14.6. The molecule has 2 unspecified atom stereocenters. The summed E-state index contributed by atoms with van der Waals surface area (Å²) in [5.74, 6) is 0.302. The smallest absolute Gasteiger partial charge is 0.305 e. The van der Waals surface area contributed by atoms with Crippen molar-refractivity contribution in [3.8, 4) is 0 Å². The molecule has 5 heteroatoms. The third-order valence-corrected chi connectivity index (χ3v) is 3.84. The van der Waals surface area contributed by atoms with Crippen molar-refractivity contribution in [2.45, 2.75) is 31.5 Å². The van der Waals surface area contributed by atoms with Gasteiger partial charge in [0, 0.05) is 19.1 Å². The Morgan fingerprint density at radius 2 is 1.90 bits per heavy atom. The van der Waals surface area contributed by atoms with Crippen molar-refractivity contribution in [1.29, 1.82) is 0 Å². The van der Waals surface area contributed by atoms with Gasteiger partial charge in [0.2, 0.25) is 0 Å². The largest absolute Gasteiger partial charge is 0.401 e. The van der Waals surface area contributed by atoms with Crippen molar-refractivity contribution >= 4 is 0 Å². The van der Waals surface area contributed by atoms with Crippen LogP contribution in [0.25, 0.3) is 0 Å². The van der Waals surface area contributed by atoms with Crippen LogP contribution in [0.4, 0.5) is 13.2 Å². The highest BCUT2D eigenvalue weighted by Crippen LogP contribution is 2.27. The highest BCUT2D eigenvalue weighted by molar-refractivity contribution is 5.21. The number of benzene rings is 1. The number of piperidine rings is 1. The lowest BCUT2D eigenvalue weighted by Crippen LogP contribution is -2.50. The predicted octanol–water partition coefficient (Wildman–Crippen LogP) is 3.02. The van der Waals surface area contributed by atoms with E-state index < -0.39 is 12.7 Å². The number of halogens is 3. The maximum Gasteiger partial charge on any atom is 0.401 e. The molecule has 0 saturated carbocycles. The first kappa shape index (κ1) is 15.3. The van der Waals surface area contributed by atoms with E-state index in [-0.39, 0.29) is 6.04 Å². The normalized spacial score (nSPS) is 24.8. The minimum Gasteiger partial charge on any atom is -0.305 e. The predicted molar refractivity (Wildman–Crippen MR) is 73.8 cm³/mol. The molecule has 1 N–H and O–H groups in total. The van der Waals surface area contributed by atoms with E-state index in [2.05, 4.69) is 22.3 Å². The zero-order valence-corrected chi connectivity index (χ0v) is 11.7. The van der Waals surface area contributed by atoms with Crippen molar-refractivity contribution in [1.82, 2.24) is 10.2 Å². The number of alkyl halides is 3. The van der Waals surface area contributed by atoms with Gasteiger partial charge in [0.05, 0.1) is 6.54 Å². The zero-order valence-electron chi connectivity index (χ0n) is 11.7. The Bertz CT molecular complexity index is 405. The van der Waals surface area contributed by atoms with E-state index in [0.717, 1.165) is 19.5 Å². The van der Waals surface area contributed by atoms with E-state index in [4.69, 9.17) is 0 Å². The van der Waals surface area contributed by atoms with E-state index in [0.29, 0.717) is 12.5 Å². The van der Waals surface area contributed by atoms with E-state index in [9.17, 15) is 13.2 Å². The molecule has 1 aromatic carbocycles. The van der Waals surface area contributed by atoms with Crippen LogP contribution in [0.15, 0.2) is 30.3 Å². The second-order valence-corrected chi connectivity index (χ2v) is 5.39. The fourth-order valence-corrected chi connectivity index (χ4v) is 2.82. The molecule has 2 nitrogen and oxygen atoms in total. The Hall–Kier alpha value is -1.07. The Morgan fingerprint density at radius 3 is 2.50 bits per heavy atom. The van der Waals surface area contributed by atoms with Crippen LogP contribution in [0.5, 0.6) is 0 Å². The van der Waals surface area contributed by atoms with Gasteiger partial charge in [-0.05, 0) is 24.4 Å². The van der Waals surface area contributed by atoms with Crippen LogP contribution >= 0.6 is 0 Å². The molecule has 1 saturated heterocycles. The van der Waals surface area contributed by atoms with Gasteiger partial charge < -0.3 is 10.2 Å². The number of likely N-dealkylation sites (N-methyl/N-ethyl adjacent to an activating group) is 1. The summed E-state index contributed by atoms with van der Waals surface area (Å²) in [4.78, 5) is 2.22. The Kier molecular flexibility index (Phi) is 5.05. The first-order valence-electron chi connectivity index (χ1n) is 7.05. The highest BCUT2D eigenvalue weighted by atomic mass is 19.4. The van der Waals surface area contributed by atoms with Gasteiger partial charge in [0.1, 0.15) is 0 Å². The van der Waals surface area contributed by atoms with E-state index >= 15 is 0 Å². The fourth-order valence-electron chi connectivity index (χ4n) is 2.82. The molecule has 2 atom stereocenters. The van der Waals surface area contributed by atoms with E-state index in [1.165, 1.54) is 5.56 Å². The Morgan fingerprint density at radius 1 is 1.20 bits per heavy atom. The van der Waals surface area contributed by atoms with Gasteiger partial charge in [-0.15, -0.1) is 0 Å². The average molecular weight is 286 g/mol. The summed E-state index contributed by atoms with van der Waals surface area (Å²) < 4.78 is 37.0. The van der Waals surface area contributed by atoms with Crippen molar-refractivity contribution < 1.29 is 13.2 Å². The number of likely N-dealkylation sites (tertiary alicyclic amines) is 1. The highest BCUT2D eigenvalue weighted by Gasteiger charge is 2.32. The lowest BCUT2D eigenvalue weighted by atomic mass is 9.88. The summed E-state index contributed by atoms with van der Waals surface area (Å²) in [5, 5.41) is 2.66. The van der Waals surface area contributed by atoms with Gasteiger partial charge in [0.15, 0.2) is 0 Å². The molecule has 20 heavy (non-hydrogen) atoms. The molecule has 112 valence electrons. The van der Waals surface area contributed by atoms with Crippen molar-refractivity contribution in [3.63, 3.8) is 0 Å². The SMILES string of the molecule is CCN1CC(NCC(F)(F)F)CC(c2ccccc2)C1. The lowest BCUT2D eigenvalue weighted by molar-refractivity contribution is -0.127. The van der Waals surface area contributed by atoms with Crippen LogP contribution in [0.2, 0.25) is 0 Å². The molecule has 0 radical (unpaired) electrons. The molecular weight excluding hydrogens is 265 g/mol. The van der Waals surface area contributed by atoms with Crippen LogP contribution in [0.1, 0.15) is 24.8 Å². The van der Waals surface area contributed by atoms with Crippen molar-refractivity contribution in [2.75, 3.05) is 26.2 Å². The second-order valence-electron chi connectivity index (χ2n) is 5.39. The summed E-state index contributed by atoms with van der Waals surface area (Å²) >= 11 is 0. The molecule has 2 rings (SSSR count). The minimum atomic E-state index is -4.14. The molecule has 1 aromatic rings. The van der Waals surface area contributed by atoms with Crippen molar-refractivity contribution in [2.24, 2.45) is 0 Å². The molecule has 1 aliphatic rings. The molecule has 0 bridgehead atoms. The number of hydrogen-bond donors (Lipinski definition) is 1. The minimum absolute atomic E-state index is 0.101. The number of nitrogens with zero attached hydrogens (tertiary/aromatic N) is 1. The molecule has 1 heterocycles. The quantitative estimate of drug-likeness (QED) is 0.915. The van der Waals surface area contributed by atoms with Crippen LogP contribution in [0, 0.1) is 0 Å². The molecule has 0 spiro atoms. The Balaban J connectivity index is 2.00. The average Bonchev–Trinajstić information content (AvgIpc) is 2.45. The van der Waals surface area contributed by atoms with Crippen molar-refractivity contribution in [3.05, 3.63) is 35.9 Å². The van der Waals surface area contributed by atoms with Gasteiger partial charge >= 0.3 is 6.18 Å². The maximum atomic E-state index is 12.3. The van der Waals surface area contributed by atoms with Gasteiger partial charge in [0.25, 0.3) is 0 Å².